The number of hydrogen-bond acceptors (Lipinski definition) is 2. The van der Waals surface area contributed by atoms with Crippen LogP contribution in [0, 0.1) is 18.7 Å². The van der Waals surface area contributed by atoms with Crippen LogP contribution in [0.4, 0.5) is 4.39 Å². The van der Waals surface area contributed by atoms with E-state index in [1.54, 1.807) is 20.1 Å². The molecule has 2 rings (SSSR count). The molecule has 0 aromatic heterocycles. The van der Waals surface area contributed by atoms with E-state index in [1.165, 1.54) is 12.1 Å². The highest BCUT2D eigenvalue weighted by Crippen LogP contribution is 2.35. The first kappa shape index (κ1) is 11.3. The Morgan fingerprint density at radius 3 is 2.69 bits per heavy atom. The van der Waals surface area contributed by atoms with Crippen LogP contribution in [0.3, 0.4) is 0 Å². The average Bonchev–Trinajstić information content (AvgIpc) is 3.07. The molecular weight excluding hydrogens is 207 g/mol. The second kappa shape index (κ2) is 4.34. The summed E-state index contributed by atoms with van der Waals surface area (Å²) >= 11 is 0. The molecule has 1 atom stereocenters. The molecule has 0 heterocycles. The summed E-state index contributed by atoms with van der Waals surface area (Å²) in [6.07, 6.45) is 1.74. The third-order valence-electron chi connectivity index (χ3n) is 3.00. The molecule has 3 heteroatoms. The number of ketones is 1. The van der Waals surface area contributed by atoms with Crippen LogP contribution < -0.4 is 0 Å². The number of rotatable bonds is 4. The molecule has 1 aliphatic carbocycles. The molecule has 0 bridgehead atoms. The highest BCUT2D eigenvalue weighted by atomic mass is 19.1. The molecule has 1 saturated carbocycles. The molecule has 16 heavy (non-hydrogen) atoms. The number of benzene rings is 1. The quantitative estimate of drug-likeness (QED) is 0.732. The van der Waals surface area contributed by atoms with Crippen LogP contribution in [0.15, 0.2) is 18.2 Å². The van der Waals surface area contributed by atoms with Gasteiger partial charge in [-0.1, -0.05) is 0 Å². The lowest BCUT2D eigenvalue weighted by atomic mass is 10.0. The van der Waals surface area contributed by atoms with E-state index in [9.17, 15) is 9.18 Å². The molecule has 1 fully saturated rings. The molecule has 0 aliphatic heterocycles. The van der Waals surface area contributed by atoms with Crippen molar-refractivity contribution in [2.45, 2.75) is 25.9 Å². The predicted octanol–water partition coefficient (Wildman–Crippen LogP) is 2.74. The number of carbonyl (C=O) groups is 1. The zero-order chi connectivity index (χ0) is 11.7. The molecule has 2 nitrogen and oxygen atoms in total. The predicted molar refractivity (Wildman–Crippen MR) is 59.0 cm³/mol. The molecule has 0 amide bonds. The van der Waals surface area contributed by atoms with Crippen LogP contribution >= 0.6 is 0 Å². The second-order valence-electron chi connectivity index (χ2n) is 4.32. The number of hydrogen-bond donors (Lipinski definition) is 0. The Bertz CT molecular complexity index is 410. The zero-order valence-corrected chi connectivity index (χ0v) is 9.50. The normalized spacial score (nSPS) is 17.2. The Labute approximate surface area is 94.4 Å². The number of methoxy groups -OCH3 is 1. The summed E-state index contributed by atoms with van der Waals surface area (Å²) < 4.78 is 18.3. The molecular formula is C13H15FO2. The van der Waals surface area contributed by atoms with Gasteiger partial charge >= 0.3 is 0 Å². The van der Waals surface area contributed by atoms with E-state index < -0.39 is 0 Å². The third-order valence-corrected chi connectivity index (χ3v) is 3.00. The number of ether oxygens (including phenoxy) is 1. The first-order valence-corrected chi connectivity index (χ1v) is 5.46. The maximum atomic E-state index is 13.1. The third kappa shape index (κ3) is 2.14. The minimum atomic E-state index is -0.357. The van der Waals surface area contributed by atoms with Crippen LogP contribution in [0.1, 0.15) is 28.8 Å². The lowest BCUT2D eigenvalue weighted by molar-refractivity contribution is 0.0539. The van der Waals surface area contributed by atoms with Crippen molar-refractivity contribution < 1.29 is 13.9 Å². The minimum absolute atomic E-state index is 0.0342. The van der Waals surface area contributed by atoms with Crippen molar-refractivity contribution in [3.63, 3.8) is 0 Å². The first-order valence-electron chi connectivity index (χ1n) is 5.46. The Morgan fingerprint density at radius 2 is 2.19 bits per heavy atom. The molecule has 0 radical (unpaired) electrons. The van der Waals surface area contributed by atoms with Crippen LogP contribution in [-0.4, -0.2) is 19.0 Å². The average molecular weight is 222 g/mol. The Kier molecular flexibility index (Phi) is 3.06. The van der Waals surface area contributed by atoms with Crippen LogP contribution in [0.2, 0.25) is 0 Å². The smallest absolute Gasteiger partial charge is 0.191 e. The number of Topliss-reactive ketones (excluding diaryl/α,β-unsaturated/α-hetero) is 1. The van der Waals surface area contributed by atoms with E-state index in [0.29, 0.717) is 17.0 Å². The monoisotopic (exact) mass is 222 g/mol. The van der Waals surface area contributed by atoms with Crippen molar-refractivity contribution in [1.29, 1.82) is 0 Å². The van der Waals surface area contributed by atoms with Gasteiger partial charge < -0.3 is 4.74 Å². The van der Waals surface area contributed by atoms with Gasteiger partial charge in [-0.3, -0.25) is 4.79 Å². The van der Waals surface area contributed by atoms with Gasteiger partial charge in [-0.15, -0.1) is 0 Å². The topological polar surface area (TPSA) is 26.3 Å². The summed E-state index contributed by atoms with van der Waals surface area (Å²) in [6, 6.07) is 4.45. The largest absolute Gasteiger partial charge is 0.373 e. The summed E-state index contributed by atoms with van der Waals surface area (Å²) in [4.78, 5) is 12.1. The Hall–Kier alpha value is -1.22. The first-order chi connectivity index (χ1) is 7.63. The van der Waals surface area contributed by atoms with Crippen molar-refractivity contribution in [2.75, 3.05) is 7.11 Å². The maximum absolute atomic E-state index is 13.1. The second-order valence-corrected chi connectivity index (χ2v) is 4.32. The molecule has 86 valence electrons. The zero-order valence-electron chi connectivity index (χ0n) is 9.50. The highest BCUT2D eigenvalue weighted by molar-refractivity contribution is 6.00. The number of carbonyl (C=O) groups excluding carboxylic acids is 1. The number of aryl methyl sites for hydroxylation is 1. The fourth-order valence-corrected chi connectivity index (χ4v) is 1.87. The maximum Gasteiger partial charge on any atom is 0.191 e. The molecule has 1 aromatic carbocycles. The summed E-state index contributed by atoms with van der Waals surface area (Å²) in [5.74, 6) is 0.0351. The van der Waals surface area contributed by atoms with Crippen molar-refractivity contribution in [3.05, 3.63) is 35.1 Å². The van der Waals surface area contributed by atoms with Gasteiger partial charge in [-0.05, 0) is 49.4 Å². The summed E-state index contributed by atoms with van der Waals surface area (Å²) in [5, 5.41) is 0. The van der Waals surface area contributed by atoms with Crippen molar-refractivity contribution in [3.8, 4) is 0 Å². The van der Waals surface area contributed by atoms with E-state index in [0.717, 1.165) is 12.8 Å². The van der Waals surface area contributed by atoms with Gasteiger partial charge in [0, 0.05) is 12.7 Å². The van der Waals surface area contributed by atoms with Gasteiger partial charge in [0.05, 0.1) is 0 Å². The SMILES string of the molecule is COC(C(=O)c1ccc(F)c(C)c1)C1CC1. The van der Waals surface area contributed by atoms with Gasteiger partial charge in [0.15, 0.2) is 5.78 Å². The fraction of sp³-hybridized carbons (Fsp3) is 0.462. The van der Waals surface area contributed by atoms with E-state index in [2.05, 4.69) is 0 Å². The number of halogens is 1. The Morgan fingerprint density at radius 1 is 1.50 bits per heavy atom. The molecule has 1 aliphatic rings. The standard InChI is InChI=1S/C13H15FO2/c1-8-7-10(5-6-11(8)14)12(15)13(16-2)9-3-4-9/h5-7,9,13H,3-4H2,1-2H3. The molecule has 0 N–H and O–H groups in total. The van der Waals surface area contributed by atoms with Crippen molar-refractivity contribution in [2.24, 2.45) is 5.92 Å². The fourth-order valence-electron chi connectivity index (χ4n) is 1.87. The highest BCUT2D eigenvalue weighted by Gasteiger charge is 2.36. The summed E-state index contributed by atoms with van der Waals surface area (Å²) in [7, 11) is 1.55. The van der Waals surface area contributed by atoms with Gasteiger partial charge in [0.25, 0.3) is 0 Å². The van der Waals surface area contributed by atoms with E-state index >= 15 is 0 Å². The van der Waals surface area contributed by atoms with Crippen LogP contribution in [-0.2, 0) is 4.74 Å². The minimum Gasteiger partial charge on any atom is -0.373 e. The lowest BCUT2D eigenvalue weighted by Gasteiger charge is -2.13. The van der Waals surface area contributed by atoms with E-state index in [1.807, 2.05) is 0 Å². The lowest BCUT2D eigenvalue weighted by Crippen LogP contribution is -2.25. The summed E-state index contributed by atoms with van der Waals surface area (Å²) in [5.41, 5.74) is 1.04. The van der Waals surface area contributed by atoms with E-state index in [4.69, 9.17) is 4.74 Å². The van der Waals surface area contributed by atoms with Gasteiger partial charge in [-0.2, -0.15) is 0 Å². The van der Waals surface area contributed by atoms with E-state index in [-0.39, 0.29) is 17.7 Å². The Balaban J connectivity index is 2.22. The van der Waals surface area contributed by atoms with Crippen molar-refractivity contribution >= 4 is 5.78 Å². The van der Waals surface area contributed by atoms with Crippen LogP contribution in [0.5, 0.6) is 0 Å². The molecule has 1 unspecified atom stereocenters. The van der Waals surface area contributed by atoms with Gasteiger partial charge in [0.2, 0.25) is 0 Å². The molecule has 0 saturated heterocycles. The van der Waals surface area contributed by atoms with Gasteiger partial charge in [0.1, 0.15) is 11.9 Å². The molecule has 1 aromatic rings. The van der Waals surface area contributed by atoms with Crippen molar-refractivity contribution in [1.82, 2.24) is 0 Å². The molecule has 0 spiro atoms. The summed E-state index contributed by atoms with van der Waals surface area (Å²) in [6.45, 7) is 1.66. The van der Waals surface area contributed by atoms with Gasteiger partial charge in [-0.25, -0.2) is 4.39 Å². The van der Waals surface area contributed by atoms with Crippen LogP contribution in [0.25, 0.3) is 0 Å².